The van der Waals surface area contributed by atoms with Gasteiger partial charge in [-0.25, -0.2) is 9.79 Å². The van der Waals surface area contributed by atoms with Gasteiger partial charge < -0.3 is 9.64 Å². The fourth-order valence-electron chi connectivity index (χ4n) is 3.90. The van der Waals surface area contributed by atoms with E-state index in [1.54, 1.807) is 6.08 Å². The Morgan fingerprint density at radius 1 is 0.812 bits per heavy atom. The number of nitrogens with zero attached hydrogens (tertiary/aromatic N) is 2. The van der Waals surface area contributed by atoms with Gasteiger partial charge in [0, 0.05) is 25.9 Å². The van der Waals surface area contributed by atoms with Gasteiger partial charge in [0.1, 0.15) is 0 Å². The van der Waals surface area contributed by atoms with Gasteiger partial charge in [-0.3, -0.25) is 0 Å². The molecule has 4 aromatic rings. The highest BCUT2D eigenvalue weighted by molar-refractivity contribution is 6.15. The summed E-state index contributed by atoms with van der Waals surface area (Å²) in [6, 6.07) is 26.7. The summed E-state index contributed by atoms with van der Waals surface area (Å²) < 4.78 is 5.38. The summed E-state index contributed by atoms with van der Waals surface area (Å²) in [5.74, 6) is -0.145. The predicted molar refractivity (Wildman–Crippen MR) is 133 cm³/mol. The number of esters is 1. The molecular formula is C28H22N2O2. The van der Waals surface area contributed by atoms with Gasteiger partial charge in [0.05, 0.1) is 0 Å². The van der Waals surface area contributed by atoms with Crippen molar-refractivity contribution < 1.29 is 9.53 Å². The van der Waals surface area contributed by atoms with Gasteiger partial charge in [-0.2, -0.15) is 0 Å². The van der Waals surface area contributed by atoms with Crippen LogP contribution in [0.2, 0.25) is 0 Å². The van der Waals surface area contributed by atoms with Crippen LogP contribution < -0.4 is 4.90 Å². The smallest absolute Gasteiger partial charge is 0.363 e. The quantitative estimate of drug-likeness (QED) is 0.229. The molecule has 0 atom stereocenters. The lowest BCUT2D eigenvalue weighted by Crippen LogP contribution is -2.07. The maximum absolute atomic E-state index is 12.5. The number of hydrogen-bond acceptors (Lipinski definition) is 4. The fourth-order valence-corrected chi connectivity index (χ4v) is 3.90. The lowest BCUT2D eigenvalue weighted by molar-refractivity contribution is -0.129. The number of carbonyl (C=O) groups is 1. The molecule has 1 aliphatic heterocycles. The molecule has 0 saturated carbocycles. The van der Waals surface area contributed by atoms with Crippen LogP contribution in [0.4, 0.5) is 5.69 Å². The van der Waals surface area contributed by atoms with Crippen molar-refractivity contribution in [2.24, 2.45) is 4.99 Å². The summed E-state index contributed by atoms with van der Waals surface area (Å²) in [6.45, 7) is 0. The Morgan fingerprint density at radius 2 is 1.50 bits per heavy atom. The molecule has 0 fully saturated rings. The van der Waals surface area contributed by atoms with E-state index in [1.807, 2.05) is 79.7 Å². The zero-order valence-electron chi connectivity index (χ0n) is 17.9. The number of carbonyl (C=O) groups excluding carboxylic acids is 1. The normalized spacial score (nSPS) is 15.0. The summed E-state index contributed by atoms with van der Waals surface area (Å²) in [6.07, 6.45) is 5.42. The molecule has 0 spiro atoms. The van der Waals surface area contributed by atoms with Crippen molar-refractivity contribution in [2.75, 3.05) is 19.0 Å². The van der Waals surface area contributed by atoms with E-state index in [1.165, 1.54) is 5.39 Å². The molecular weight excluding hydrogens is 396 g/mol. The molecule has 156 valence electrons. The Balaban J connectivity index is 1.49. The van der Waals surface area contributed by atoms with Crippen molar-refractivity contribution in [3.05, 3.63) is 102 Å². The van der Waals surface area contributed by atoms with Crippen LogP contribution in [0.15, 0.2) is 95.6 Å². The van der Waals surface area contributed by atoms with Crippen molar-refractivity contribution in [2.45, 2.75) is 0 Å². The minimum atomic E-state index is -0.440. The summed E-state index contributed by atoms with van der Waals surface area (Å²) in [5.41, 5.74) is 3.37. The Hall–Kier alpha value is -4.18. The summed E-state index contributed by atoms with van der Waals surface area (Å²) in [4.78, 5) is 18.9. The number of fused-ring (bicyclic) bond motifs is 3. The topological polar surface area (TPSA) is 41.9 Å². The van der Waals surface area contributed by atoms with Gasteiger partial charge in [0.15, 0.2) is 5.70 Å². The lowest BCUT2D eigenvalue weighted by atomic mass is 9.97. The van der Waals surface area contributed by atoms with E-state index >= 15 is 0 Å². The third-order valence-corrected chi connectivity index (χ3v) is 5.56. The van der Waals surface area contributed by atoms with Crippen LogP contribution in [0.3, 0.4) is 0 Å². The zero-order valence-corrected chi connectivity index (χ0v) is 17.9. The van der Waals surface area contributed by atoms with Gasteiger partial charge in [-0.1, -0.05) is 60.7 Å². The van der Waals surface area contributed by atoms with Gasteiger partial charge in [-0.15, -0.1) is 0 Å². The highest BCUT2D eigenvalue weighted by Gasteiger charge is 2.21. The van der Waals surface area contributed by atoms with E-state index in [0.29, 0.717) is 11.6 Å². The van der Waals surface area contributed by atoms with Crippen molar-refractivity contribution in [3.63, 3.8) is 0 Å². The molecule has 1 heterocycles. The van der Waals surface area contributed by atoms with Gasteiger partial charge >= 0.3 is 5.97 Å². The third-order valence-electron chi connectivity index (χ3n) is 5.56. The van der Waals surface area contributed by atoms with Crippen LogP contribution in [0.5, 0.6) is 0 Å². The van der Waals surface area contributed by atoms with E-state index in [9.17, 15) is 4.79 Å². The fraction of sp³-hybridized carbons (Fsp3) is 0.0714. The number of benzene rings is 4. The second kappa shape index (κ2) is 8.16. The van der Waals surface area contributed by atoms with Crippen LogP contribution in [-0.2, 0) is 9.53 Å². The SMILES string of the molecule is CN(C)c1ccc(/C=C/C2=NC(=C\c3cc4ccccc4c4ccccc34)/C(=O)O2)cc1. The Bertz CT molecular complexity index is 1430. The lowest BCUT2D eigenvalue weighted by Gasteiger charge is -2.11. The van der Waals surface area contributed by atoms with E-state index < -0.39 is 5.97 Å². The number of aliphatic imine (C=N–C) groups is 1. The average molecular weight is 418 g/mol. The van der Waals surface area contributed by atoms with Crippen molar-refractivity contribution in [3.8, 4) is 0 Å². The second-order valence-electron chi connectivity index (χ2n) is 7.92. The molecule has 4 aromatic carbocycles. The third kappa shape index (κ3) is 3.79. The van der Waals surface area contributed by atoms with Gasteiger partial charge in [0.2, 0.25) is 5.90 Å². The van der Waals surface area contributed by atoms with E-state index in [0.717, 1.165) is 33.0 Å². The molecule has 0 unspecified atom stereocenters. The van der Waals surface area contributed by atoms with Crippen LogP contribution >= 0.6 is 0 Å². The predicted octanol–water partition coefficient (Wildman–Crippen LogP) is 6.07. The van der Waals surface area contributed by atoms with Crippen LogP contribution in [0.1, 0.15) is 11.1 Å². The molecule has 0 aliphatic carbocycles. The summed E-state index contributed by atoms with van der Waals surface area (Å²) >= 11 is 0. The Morgan fingerprint density at radius 3 is 2.25 bits per heavy atom. The number of ether oxygens (including phenoxy) is 1. The van der Waals surface area contributed by atoms with Crippen LogP contribution in [0.25, 0.3) is 33.7 Å². The molecule has 0 aromatic heterocycles. The van der Waals surface area contributed by atoms with Crippen LogP contribution in [0, 0.1) is 0 Å². The molecule has 0 saturated heterocycles. The van der Waals surface area contributed by atoms with Gasteiger partial charge in [0.25, 0.3) is 0 Å². The summed E-state index contributed by atoms with van der Waals surface area (Å²) in [7, 11) is 4.01. The van der Waals surface area contributed by atoms with Crippen molar-refractivity contribution in [1.29, 1.82) is 0 Å². The van der Waals surface area contributed by atoms with E-state index in [-0.39, 0.29) is 0 Å². The van der Waals surface area contributed by atoms with E-state index in [2.05, 4.69) is 35.3 Å². The molecule has 1 aliphatic rings. The van der Waals surface area contributed by atoms with Crippen LogP contribution in [-0.4, -0.2) is 26.0 Å². The average Bonchev–Trinajstić information content (AvgIpc) is 3.17. The van der Waals surface area contributed by atoms with Crippen molar-refractivity contribution >= 4 is 51.3 Å². The van der Waals surface area contributed by atoms with Crippen molar-refractivity contribution in [1.82, 2.24) is 0 Å². The molecule has 0 N–H and O–H groups in total. The highest BCUT2D eigenvalue weighted by atomic mass is 16.6. The molecule has 32 heavy (non-hydrogen) atoms. The molecule has 5 rings (SSSR count). The maximum atomic E-state index is 12.5. The molecule has 4 nitrogen and oxygen atoms in total. The first-order valence-electron chi connectivity index (χ1n) is 10.5. The Kier molecular flexibility index (Phi) is 5.04. The standard InChI is InChI=1S/C28H22N2O2/c1-30(2)22-14-11-19(12-15-22)13-16-27-29-26(28(31)32-27)18-21-17-20-7-3-4-8-23(20)25-10-6-5-9-24(21)25/h3-18H,1-2H3/b16-13+,26-18-. The van der Waals surface area contributed by atoms with E-state index in [4.69, 9.17) is 4.74 Å². The molecule has 4 heteroatoms. The van der Waals surface area contributed by atoms with Gasteiger partial charge in [-0.05, 0) is 63.0 Å². The first-order valence-corrected chi connectivity index (χ1v) is 10.5. The zero-order chi connectivity index (χ0) is 22.1. The number of rotatable bonds is 4. The Labute approximate surface area is 186 Å². The number of cyclic esters (lactones) is 1. The monoisotopic (exact) mass is 418 g/mol. The highest BCUT2D eigenvalue weighted by Crippen LogP contribution is 2.30. The minimum absolute atomic E-state index is 0.294. The largest absolute Gasteiger partial charge is 0.403 e. The molecule has 0 amide bonds. The maximum Gasteiger partial charge on any atom is 0.363 e. The minimum Gasteiger partial charge on any atom is -0.403 e. The second-order valence-corrected chi connectivity index (χ2v) is 7.92. The number of anilines is 1. The molecule has 0 bridgehead atoms. The summed E-state index contributed by atoms with van der Waals surface area (Å²) in [5, 5.41) is 4.53. The molecule has 0 radical (unpaired) electrons. The number of hydrogen-bond donors (Lipinski definition) is 0. The first-order chi connectivity index (χ1) is 15.6. The first kappa shape index (κ1) is 19.8.